The summed E-state index contributed by atoms with van der Waals surface area (Å²) in [4.78, 5) is 0. The van der Waals surface area contributed by atoms with Crippen molar-refractivity contribution < 1.29 is 4.42 Å². The maximum absolute atomic E-state index is 5.64. The number of benzene rings is 1. The van der Waals surface area contributed by atoms with E-state index in [2.05, 4.69) is 26.8 Å². The van der Waals surface area contributed by atoms with Gasteiger partial charge in [-0.05, 0) is 67.3 Å². The lowest BCUT2D eigenvalue weighted by molar-refractivity contribution is 0.588. The van der Waals surface area contributed by atoms with E-state index in [-0.39, 0.29) is 0 Å². The van der Waals surface area contributed by atoms with Crippen LogP contribution in [0.5, 0.6) is 0 Å². The smallest absolute Gasteiger partial charge is 0.134 e. The van der Waals surface area contributed by atoms with Crippen molar-refractivity contribution in [2.24, 2.45) is 0 Å². The fourth-order valence-electron chi connectivity index (χ4n) is 3.17. The van der Waals surface area contributed by atoms with E-state index in [0.717, 1.165) is 5.58 Å². The zero-order valence-corrected chi connectivity index (χ0v) is 10.3. The fraction of sp³-hybridized carbons (Fsp3) is 0.467. The molecule has 1 aromatic carbocycles. The molecule has 1 aliphatic carbocycles. The summed E-state index contributed by atoms with van der Waals surface area (Å²) < 4.78 is 5.64. The van der Waals surface area contributed by atoms with E-state index in [1.165, 1.54) is 35.8 Å². The normalized spacial score (nSPS) is 20.1. The van der Waals surface area contributed by atoms with Crippen LogP contribution in [-0.4, -0.2) is 0 Å². The number of rotatable bonds is 0. The Labute approximate surface area is 96.5 Å². The highest BCUT2D eigenvalue weighted by molar-refractivity contribution is 5.87. The SMILES string of the molecule is Cc1cc2occ(C)c2c2c1CCCC2C. The maximum Gasteiger partial charge on any atom is 0.134 e. The minimum Gasteiger partial charge on any atom is -0.464 e. The van der Waals surface area contributed by atoms with Crippen LogP contribution in [0.15, 0.2) is 16.7 Å². The Morgan fingerprint density at radius 3 is 2.88 bits per heavy atom. The van der Waals surface area contributed by atoms with E-state index in [4.69, 9.17) is 4.42 Å². The van der Waals surface area contributed by atoms with Gasteiger partial charge in [-0.25, -0.2) is 0 Å². The predicted octanol–water partition coefficient (Wildman–Crippen LogP) is 4.49. The van der Waals surface area contributed by atoms with Gasteiger partial charge in [-0.1, -0.05) is 6.92 Å². The van der Waals surface area contributed by atoms with Crippen molar-refractivity contribution in [3.8, 4) is 0 Å². The maximum atomic E-state index is 5.64. The summed E-state index contributed by atoms with van der Waals surface area (Å²) in [5.74, 6) is 0.683. The first-order valence-electron chi connectivity index (χ1n) is 6.18. The molecule has 0 aliphatic heterocycles. The minimum absolute atomic E-state index is 0.683. The second kappa shape index (κ2) is 3.38. The molecule has 0 N–H and O–H groups in total. The van der Waals surface area contributed by atoms with Crippen molar-refractivity contribution in [1.29, 1.82) is 0 Å². The second-order valence-corrected chi connectivity index (χ2v) is 5.17. The molecular formula is C15H18O. The third-order valence-corrected chi connectivity index (χ3v) is 3.98. The first-order chi connectivity index (χ1) is 7.68. The summed E-state index contributed by atoms with van der Waals surface area (Å²) in [5.41, 5.74) is 6.91. The van der Waals surface area contributed by atoms with Crippen molar-refractivity contribution in [2.75, 3.05) is 0 Å². The summed E-state index contributed by atoms with van der Waals surface area (Å²) in [6.07, 6.45) is 5.78. The third-order valence-electron chi connectivity index (χ3n) is 3.98. The van der Waals surface area contributed by atoms with Gasteiger partial charge in [-0.2, -0.15) is 0 Å². The van der Waals surface area contributed by atoms with Gasteiger partial charge in [0.2, 0.25) is 0 Å². The van der Waals surface area contributed by atoms with E-state index >= 15 is 0 Å². The molecule has 1 heterocycles. The summed E-state index contributed by atoms with van der Waals surface area (Å²) in [6, 6.07) is 2.21. The Balaban J connectivity index is 2.43. The Kier molecular flexibility index (Phi) is 2.10. The molecule has 0 saturated heterocycles. The molecule has 2 aromatic rings. The van der Waals surface area contributed by atoms with Crippen LogP contribution in [0, 0.1) is 13.8 Å². The van der Waals surface area contributed by atoms with E-state index in [1.54, 1.807) is 11.1 Å². The summed E-state index contributed by atoms with van der Waals surface area (Å²) >= 11 is 0. The van der Waals surface area contributed by atoms with Gasteiger partial charge in [0.25, 0.3) is 0 Å². The van der Waals surface area contributed by atoms with Gasteiger partial charge in [0, 0.05) is 5.39 Å². The molecule has 0 saturated carbocycles. The van der Waals surface area contributed by atoms with Crippen LogP contribution in [0.4, 0.5) is 0 Å². The Bertz CT molecular complexity index is 548. The summed E-state index contributed by atoms with van der Waals surface area (Å²) in [7, 11) is 0. The van der Waals surface area contributed by atoms with Crippen molar-refractivity contribution in [1.82, 2.24) is 0 Å². The Hall–Kier alpha value is -1.24. The molecule has 0 amide bonds. The topological polar surface area (TPSA) is 13.1 Å². The lowest BCUT2D eigenvalue weighted by Crippen LogP contribution is -2.09. The van der Waals surface area contributed by atoms with Gasteiger partial charge in [-0.15, -0.1) is 0 Å². The molecule has 1 aliphatic rings. The van der Waals surface area contributed by atoms with Crippen molar-refractivity contribution in [2.45, 2.75) is 46.0 Å². The van der Waals surface area contributed by atoms with Crippen LogP contribution in [0.2, 0.25) is 0 Å². The Morgan fingerprint density at radius 2 is 2.06 bits per heavy atom. The molecular weight excluding hydrogens is 196 g/mol. The summed E-state index contributed by atoms with van der Waals surface area (Å²) in [6.45, 7) is 6.72. The highest BCUT2D eigenvalue weighted by Crippen LogP contribution is 2.40. The van der Waals surface area contributed by atoms with Gasteiger partial charge >= 0.3 is 0 Å². The number of aryl methyl sites for hydroxylation is 2. The van der Waals surface area contributed by atoms with E-state index in [9.17, 15) is 0 Å². The number of hydrogen-bond acceptors (Lipinski definition) is 1. The first-order valence-corrected chi connectivity index (χ1v) is 6.18. The van der Waals surface area contributed by atoms with Crippen molar-refractivity contribution >= 4 is 11.0 Å². The lowest BCUT2D eigenvalue weighted by Gasteiger charge is -2.25. The zero-order chi connectivity index (χ0) is 11.3. The molecule has 0 bridgehead atoms. The highest BCUT2D eigenvalue weighted by atomic mass is 16.3. The van der Waals surface area contributed by atoms with Crippen LogP contribution in [-0.2, 0) is 6.42 Å². The van der Waals surface area contributed by atoms with Crippen LogP contribution in [0.25, 0.3) is 11.0 Å². The molecule has 1 atom stereocenters. The minimum atomic E-state index is 0.683. The van der Waals surface area contributed by atoms with Crippen molar-refractivity contribution in [3.05, 3.63) is 34.6 Å². The van der Waals surface area contributed by atoms with Gasteiger partial charge in [0.1, 0.15) is 5.58 Å². The van der Waals surface area contributed by atoms with Gasteiger partial charge in [0.05, 0.1) is 6.26 Å². The number of hydrogen-bond donors (Lipinski definition) is 0. The number of furan rings is 1. The monoisotopic (exact) mass is 214 g/mol. The molecule has 1 nitrogen and oxygen atoms in total. The average Bonchev–Trinajstić information content (AvgIpc) is 2.61. The quantitative estimate of drug-likeness (QED) is 0.629. The molecule has 1 unspecified atom stereocenters. The third kappa shape index (κ3) is 1.24. The van der Waals surface area contributed by atoms with Crippen molar-refractivity contribution in [3.63, 3.8) is 0 Å². The standard InChI is InChI=1S/C15H18O/c1-9-5-4-6-12-10(2)7-13-15(14(9)12)11(3)8-16-13/h7-9H,4-6H2,1-3H3. The molecule has 0 spiro atoms. The van der Waals surface area contributed by atoms with Gasteiger partial charge in [-0.3, -0.25) is 0 Å². The first kappa shape index (κ1) is 9.95. The predicted molar refractivity (Wildman–Crippen MR) is 67.0 cm³/mol. The molecule has 1 aromatic heterocycles. The summed E-state index contributed by atoms with van der Waals surface area (Å²) in [5, 5.41) is 1.38. The second-order valence-electron chi connectivity index (χ2n) is 5.17. The molecule has 0 fully saturated rings. The van der Waals surface area contributed by atoms with Crippen LogP contribution in [0.3, 0.4) is 0 Å². The molecule has 3 rings (SSSR count). The van der Waals surface area contributed by atoms with Gasteiger partial charge < -0.3 is 4.42 Å². The van der Waals surface area contributed by atoms with Gasteiger partial charge in [0.15, 0.2) is 0 Å². The fourth-order valence-corrected chi connectivity index (χ4v) is 3.17. The van der Waals surface area contributed by atoms with Crippen LogP contribution < -0.4 is 0 Å². The van der Waals surface area contributed by atoms with E-state index in [1.807, 2.05) is 6.26 Å². The highest BCUT2D eigenvalue weighted by Gasteiger charge is 2.22. The van der Waals surface area contributed by atoms with Crippen LogP contribution in [0.1, 0.15) is 47.9 Å². The molecule has 1 heteroatoms. The molecule has 84 valence electrons. The van der Waals surface area contributed by atoms with E-state index < -0.39 is 0 Å². The Morgan fingerprint density at radius 1 is 1.25 bits per heavy atom. The largest absolute Gasteiger partial charge is 0.464 e. The average molecular weight is 214 g/mol. The zero-order valence-electron chi connectivity index (χ0n) is 10.3. The molecule has 0 radical (unpaired) electrons. The van der Waals surface area contributed by atoms with E-state index in [0.29, 0.717) is 5.92 Å². The molecule has 16 heavy (non-hydrogen) atoms. The lowest BCUT2D eigenvalue weighted by atomic mass is 9.79. The van der Waals surface area contributed by atoms with Crippen LogP contribution >= 0.6 is 0 Å². The number of fused-ring (bicyclic) bond motifs is 3.